The first-order valence-electron chi connectivity index (χ1n) is 14.4. The molecule has 3 aromatic carbocycles. The lowest BCUT2D eigenvalue weighted by Gasteiger charge is -2.45. The number of imidazole rings is 1. The van der Waals surface area contributed by atoms with Crippen LogP contribution < -0.4 is 15.7 Å². The number of carbonyl (C=O) groups excluding carboxylic acids is 1. The number of benzene rings is 3. The minimum absolute atomic E-state index is 0.142. The smallest absolute Gasteiger partial charge is 0.261 e. The molecule has 3 atom stereocenters. The molecule has 3 heterocycles. The van der Waals surface area contributed by atoms with Crippen LogP contribution in [0, 0.1) is 0 Å². The third-order valence-electron chi connectivity index (χ3n) is 7.99. The van der Waals surface area contributed by atoms with Crippen molar-refractivity contribution in [1.29, 1.82) is 0 Å². The number of nitrogens with zero attached hydrogens (tertiary/aromatic N) is 4. The molecule has 1 aliphatic rings. The SMILES string of the molecule is CC(C)(C)[Si](O[C@@H]1C[C@@H](CO)O[C@H]1n1cnc2c(NC(=O)c3ccccc3)ncnc21)(c1ccccc1)c1ccccc1. The molecule has 0 saturated carbocycles. The molecule has 1 saturated heterocycles. The second-order valence-corrected chi connectivity index (χ2v) is 16.0. The highest BCUT2D eigenvalue weighted by Gasteiger charge is 2.54. The van der Waals surface area contributed by atoms with E-state index in [0.717, 1.165) is 10.4 Å². The first-order chi connectivity index (χ1) is 20.8. The Morgan fingerprint density at radius 3 is 2.14 bits per heavy atom. The van der Waals surface area contributed by atoms with Crippen molar-refractivity contribution in [3.05, 3.63) is 109 Å². The van der Waals surface area contributed by atoms with E-state index in [1.807, 2.05) is 22.8 Å². The lowest BCUT2D eigenvalue weighted by atomic mass is 10.2. The normalized spacial score (nSPS) is 19.0. The van der Waals surface area contributed by atoms with Crippen LogP contribution in [-0.4, -0.2) is 57.7 Å². The molecule has 5 aromatic rings. The summed E-state index contributed by atoms with van der Waals surface area (Å²) in [6.07, 6.45) is 2.08. The molecule has 9 nitrogen and oxygen atoms in total. The number of ether oxygens (including phenoxy) is 1. The number of aliphatic hydroxyl groups excluding tert-OH is 1. The van der Waals surface area contributed by atoms with Gasteiger partial charge in [-0.3, -0.25) is 9.36 Å². The highest BCUT2D eigenvalue weighted by Crippen LogP contribution is 2.42. The summed E-state index contributed by atoms with van der Waals surface area (Å²) in [6, 6.07) is 29.8. The van der Waals surface area contributed by atoms with Crippen LogP contribution in [0.4, 0.5) is 5.82 Å². The van der Waals surface area contributed by atoms with Gasteiger partial charge in [-0.15, -0.1) is 0 Å². The fourth-order valence-electron chi connectivity index (χ4n) is 6.00. The van der Waals surface area contributed by atoms with E-state index in [2.05, 4.69) is 89.6 Å². The maximum atomic E-state index is 12.9. The van der Waals surface area contributed by atoms with Crippen LogP contribution in [0.1, 0.15) is 43.8 Å². The van der Waals surface area contributed by atoms with Crippen LogP contribution in [0.25, 0.3) is 11.2 Å². The Morgan fingerprint density at radius 2 is 1.56 bits per heavy atom. The van der Waals surface area contributed by atoms with E-state index in [1.54, 1.807) is 30.6 Å². The average molecular weight is 594 g/mol. The Bertz CT molecular complexity index is 1650. The van der Waals surface area contributed by atoms with Crippen molar-refractivity contribution in [2.45, 2.75) is 50.7 Å². The molecule has 0 unspecified atom stereocenters. The zero-order valence-corrected chi connectivity index (χ0v) is 25.4. The number of rotatable bonds is 8. The predicted molar refractivity (Wildman–Crippen MR) is 168 cm³/mol. The lowest BCUT2D eigenvalue weighted by molar-refractivity contribution is -0.0453. The quantitative estimate of drug-likeness (QED) is 0.258. The minimum Gasteiger partial charge on any atom is -0.400 e. The number of aliphatic hydroxyl groups is 1. The monoisotopic (exact) mass is 593 g/mol. The highest BCUT2D eigenvalue weighted by atomic mass is 28.4. The van der Waals surface area contributed by atoms with Gasteiger partial charge in [-0.05, 0) is 27.5 Å². The summed E-state index contributed by atoms with van der Waals surface area (Å²) in [5, 5.41) is 15.1. The van der Waals surface area contributed by atoms with Gasteiger partial charge in [0.2, 0.25) is 0 Å². The lowest BCUT2D eigenvalue weighted by Crippen LogP contribution is -2.68. The molecule has 0 spiro atoms. The third kappa shape index (κ3) is 5.38. The zero-order chi connectivity index (χ0) is 30.0. The van der Waals surface area contributed by atoms with Crippen LogP contribution in [0.15, 0.2) is 104 Å². The molecule has 10 heteroatoms. The van der Waals surface area contributed by atoms with Gasteiger partial charge >= 0.3 is 0 Å². The van der Waals surface area contributed by atoms with Crippen molar-refractivity contribution < 1.29 is 19.1 Å². The number of amides is 1. The van der Waals surface area contributed by atoms with E-state index >= 15 is 0 Å². The van der Waals surface area contributed by atoms with Gasteiger partial charge in [-0.1, -0.05) is 99.6 Å². The molecule has 1 fully saturated rings. The molecule has 0 bridgehead atoms. The summed E-state index contributed by atoms with van der Waals surface area (Å²) < 4.78 is 15.7. The number of fused-ring (bicyclic) bond motifs is 1. The Hall–Kier alpha value is -4.22. The maximum Gasteiger partial charge on any atom is 0.261 e. The van der Waals surface area contributed by atoms with E-state index in [1.165, 1.54) is 6.33 Å². The van der Waals surface area contributed by atoms with Crippen molar-refractivity contribution in [2.75, 3.05) is 11.9 Å². The van der Waals surface area contributed by atoms with E-state index < -0.39 is 26.8 Å². The summed E-state index contributed by atoms with van der Waals surface area (Å²) >= 11 is 0. The molecule has 1 amide bonds. The second kappa shape index (κ2) is 11.8. The minimum atomic E-state index is -2.93. The van der Waals surface area contributed by atoms with Gasteiger partial charge in [0.1, 0.15) is 6.33 Å². The number of aromatic nitrogens is 4. The largest absolute Gasteiger partial charge is 0.400 e. The van der Waals surface area contributed by atoms with E-state index in [0.29, 0.717) is 29.0 Å². The van der Waals surface area contributed by atoms with Gasteiger partial charge in [0.25, 0.3) is 14.2 Å². The summed E-state index contributed by atoms with van der Waals surface area (Å²) in [6.45, 7) is 6.55. The second-order valence-electron chi connectivity index (χ2n) is 11.8. The van der Waals surface area contributed by atoms with Gasteiger partial charge in [0.15, 0.2) is 23.2 Å². The summed E-state index contributed by atoms with van der Waals surface area (Å²) in [4.78, 5) is 26.3. The number of anilines is 1. The number of nitrogens with one attached hydrogen (secondary N) is 1. The van der Waals surface area contributed by atoms with Crippen LogP contribution in [0.3, 0.4) is 0 Å². The Morgan fingerprint density at radius 1 is 0.953 bits per heavy atom. The van der Waals surface area contributed by atoms with E-state index in [-0.39, 0.29) is 17.6 Å². The van der Waals surface area contributed by atoms with Gasteiger partial charge in [-0.25, -0.2) is 15.0 Å². The molecule has 2 aromatic heterocycles. The van der Waals surface area contributed by atoms with Crippen LogP contribution in [-0.2, 0) is 9.16 Å². The topological polar surface area (TPSA) is 111 Å². The fourth-order valence-corrected chi connectivity index (χ4v) is 10.7. The summed E-state index contributed by atoms with van der Waals surface area (Å²) in [5.41, 5.74) is 1.45. The Balaban J connectivity index is 1.41. The van der Waals surface area contributed by atoms with Gasteiger partial charge in [0, 0.05) is 12.0 Å². The van der Waals surface area contributed by atoms with Crippen molar-refractivity contribution in [2.24, 2.45) is 0 Å². The Kier molecular flexibility index (Phi) is 7.93. The number of hydrogen-bond donors (Lipinski definition) is 2. The summed E-state index contributed by atoms with van der Waals surface area (Å²) in [5.74, 6) is 0.0132. The van der Waals surface area contributed by atoms with Gasteiger partial charge in [0.05, 0.1) is 25.1 Å². The zero-order valence-electron chi connectivity index (χ0n) is 24.4. The molecule has 1 aliphatic heterocycles. The standard InChI is InChI=1S/C33H35N5O4Si/c1-33(2,3)43(25-15-9-5-10-16-25,26-17-11-6-12-18-26)42-27-19-24(20-39)41-32(27)38-22-36-28-29(34-21-35-30(28)38)37-31(40)23-13-7-4-8-14-23/h4-18,21-22,24,27,32,39H,19-20H2,1-3H3,(H,34,35,37,40)/t24-,27+,32+/m0/s1. The van der Waals surface area contributed by atoms with Crippen LogP contribution >= 0.6 is 0 Å². The fraction of sp³-hybridized carbons (Fsp3) is 0.273. The summed E-state index contributed by atoms with van der Waals surface area (Å²) in [7, 11) is -2.93. The van der Waals surface area contributed by atoms with Crippen LogP contribution in [0.2, 0.25) is 5.04 Å². The predicted octanol–water partition coefficient (Wildman–Crippen LogP) is 4.30. The highest BCUT2D eigenvalue weighted by molar-refractivity contribution is 6.99. The van der Waals surface area contributed by atoms with E-state index in [9.17, 15) is 9.90 Å². The number of carbonyl (C=O) groups is 1. The molecule has 43 heavy (non-hydrogen) atoms. The Labute approximate surface area is 251 Å². The molecule has 6 rings (SSSR count). The van der Waals surface area contributed by atoms with Crippen LogP contribution in [0.5, 0.6) is 0 Å². The molecule has 0 radical (unpaired) electrons. The molecule has 0 aliphatic carbocycles. The molecule has 220 valence electrons. The van der Waals surface area contributed by atoms with Crippen molar-refractivity contribution in [1.82, 2.24) is 19.5 Å². The first kappa shape index (κ1) is 28.9. The molecular weight excluding hydrogens is 558 g/mol. The van der Waals surface area contributed by atoms with E-state index in [4.69, 9.17) is 9.16 Å². The van der Waals surface area contributed by atoms with Crippen molar-refractivity contribution >= 4 is 41.6 Å². The number of hydrogen-bond acceptors (Lipinski definition) is 7. The average Bonchev–Trinajstić information content (AvgIpc) is 3.65. The van der Waals surface area contributed by atoms with Gasteiger partial charge < -0.3 is 19.6 Å². The van der Waals surface area contributed by atoms with Gasteiger partial charge in [-0.2, -0.15) is 0 Å². The maximum absolute atomic E-state index is 12.9. The first-order valence-corrected chi connectivity index (χ1v) is 16.3. The van der Waals surface area contributed by atoms with Crippen molar-refractivity contribution in [3.8, 4) is 0 Å². The van der Waals surface area contributed by atoms with Crippen molar-refractivity contribution in [3.63, 3.8) is 0 Å². The molecule has 2 N–H and O–H groups in total. The third-order valence-corrected chi connectivity index (χ3v) is 13.1. The molecular formula is C33H35N5O4Si.